The number of halogens is 3. The standard InChI is InChI=1S/C14H12F3N5OS/c1-8(11(23)19-10-6-4-3-5-9(10)7-18)24-13-21-20-12(22(13)2)14(15,16)17/h3-6,8H,1-2H3,(H,19,23)/t8-/m0/s1. The highest BCUT2D eigenvalue weighted by Crippen LogP contribution is 2.31. The number of thioether (sulfide) groups is 1. The summed E-state index contributed by atoms with van der Waals surface area (Å²) < 4.78 is 38.8. The number of anilines is 1. The molecule has 0 unspecified atom stereocenters. The van der Waals surface area contributed by atoms with Crippen LogP contribution in [0.3, 0.4) is 0 Å². The van der Waals surface area contributed by atoms with Crippen molar-refractivity contribution >= 4 is 23.4 Å². The van der Waals surface area contributed by atoms with E-state index in [9.17, 15) is 18.0 Å². The molecule has 0 bridgehead atoms. The Morgan fingerprint density at radius 3 is 2.62 bits per heavy atom. The third-order valence-electron chi connectivity index (χ3n) is 3.05. The van der Waals surface area contributed by atoms with Gasteiger partial charge < -0.3 is 9.88 Å². The largest absolute Gasteiger partial charge is 0.451 e. The molecule has 24 heavy (non-hydrogen) atoms. The van der Waals surface area contributed by atoms with Crippen LogP contribution in [0.2, 0.25) is 0 Å². The number of alkyl halides is 3. The first-order valence-electron chi connectivity index (χ1n) is 6.67. The molecule has 2 rings (SSSR count). The highest BCUT2D eigenvalue weighted by molar-refractivity contribution is 8.00. The first-order chi connectivity index (χ1) is 11.2. The van der Waals surface area contributed by atoms with E-state index in [-0.39, 0.29) is 5.16 Å². The number of rotatable bonds is 4. The average Bonchev–Trinajstić information content (AvgIpc) is 2.88. The summed E-state index contributed by atoms with van der Waals surface area (Å²) in [5.41, 5.74) is 0.632. The Kier molecular flexibility index (Phi) is 5.14. The summed E-state index contributed by atoms with van der Waals surface area (Å²) in [5.74, 6) is -1.59. The van der Waals surface area contributed by atoms with Crippen LogP contribution in [0.25, 0.3) is 0 Å². The fourth-order valence-electron chi connectivity index (χ4n) is 1.80. The lowest BCUT2D eigenvalue weighted by Crippen LogP contribution is -2.23. The van der Waals surface area contributed by atoms with Gasteiger partial charge in [-0.05, 0) is 19.1 Å². The number of para-hydroxylation sites is 1. The minimum Gasteiger partial charge on any atom is -0.324 e. The smallest absolute Gasteiger partial charge is 0.324 e. The molecule has 1 aromatic heterocycles. The molecular formula is C14H12F3N5OS. The lowest BCUT2D eigenvalue weighted by atomic mass is 10.2. The fourth-order valence-corrected chi connectivity index (χ4v) is 2.61. The van der Waals surface area contributed by atoms with Gasteiger partial charge in [0.15, 0.2) is 5.16 Å². The van der Waals surface area contributed by atoms with Crippen molar-refractivity contribution in [2.24, 2.45) is 7.05 Å². The highest BCUT2D eigenvalue weighted by Gasteiger charge is 2.37. The minimum atomic E-state index is -4.61. The number of aromatic nitrogens is 3. The van der Waals surface area contributed by atoms with Gasteiger partial charge in [0.05, 0.1) is 16.5 Å². The Morgan fingerprint density at radius 2 is 2.04 bits per heavy atom. The summed E-state index contributed by atoms with van der Waals surface area (Å²) in [7, 11) is 1.18. The molecule has 10 heteroatoms. The van der Waals surface area contributed by atoms with Crippen molar-refractivity contribution in [1.82, 2.24) is 14.8 Å². The maximum absolute atomic E-state index is 12.7. The highest BCUT2D eigenvalue weighted by atomic mass is 32.2. The average molecular weight is 355 g/mol. The summed E-state index contributed by atoms with van der Waals surface area (Å²) in [6.07, 6.45) is -4.61. The predicted octanol–water partition coefficient (Wildman–Crippen LogP) is 2.82. The molecule has 1 atom stereocenters. The van der Waals surface area contributed by atoms with Crippen molar-refractivity contribution in [1.29, 1.82) is 5.26 Å². The van der Waals surface area contributed by atoms with Crippen LogP contribution in [0, 0.1) is 11.3 Å². The lowest BCUT2D eigenvalue weighted by molar-refractivity contribution is -0.147. The zero-order chi connectivity index (χ0) is 17.9. The van der Waals surface area contributed by atoms with Crippen molar-refractivity contribution in [2.75, 3.05) is 5.32 Å². The van der Waals surface area contributed by atoms with Gasteiger partial charge in [0.2, 0.25) is 11.7 Å². The summed E-state index contributed by atoms with van der Waals surface area (Å²) in [6, 6.07) is 8.38. The molecule has 1 N–H and O–H groups in total. The predicted molar refractivity (Wildman–Crippen MR) is 81.1 cm³/mol. The van der Waals surface area contributed by atoms with Crippen LogP contribution in [0.5, 0.6) is 0 Å². The van der Waals surface area contributed by atoms with Gasteiger partial charge in [0.1, 0.15) is 6.07 Å². The van der Waals surface area contributed by atoms with Gasteiger partial charge in [0, 0.05) is 7.05 Å². The molecule has 0 fully saturated rings. The molecule has 0 aliphatic carbocycles. The van der Waals surface area contributed by atoms with Gasteiger partial charge in [-0.2, -0.15) is 18.4 Å². The van der Waals surface area contributed by atoms with Gasteiger partial charge in [-0.1, -0.05) is 23.9 Å². The molecule has 1 amide bonds. The molecule has 0 saturated carbocycles. The van der Waals surface area contributed by atoms with Crippen LogP contribution in [-0.2, 0) is 18.0 Å². The maximum Gasteiger partial charge on any atom is 0.451 e. The van der Waals surface area contributed by atoms with Crippen molar-refractivity contribution < 1.29 is 18.0 Å². The van der Waals surface area contributed by atoms with Gasteiger partial charge in [-0.3, -0.25) is 4.79 Å². The SMILES string of the molecule is C[C@H](Sc1nnc(C(F)(F)F)n1C)C(=O)Nc1ccccc1C#N. The summed E-state index contributed by atoms with van der Waals surface area (Å²) in [6.45, 7) is 1.52. The van der Waals surface area contributed by atoms with Crippen LogP contribution in [0.15, 0.2) is 29.4 Å². The molecule has 0 saturated heterocycles. The molecule has 6 nitrogen and oxygen atoms in total. The first kappa shape index (κ1) is 17.8. The van der Waals surface area contributed by atoms with E-state index in [1.807, 2.05) is 6.07 Å². The Balaban J connectivity index is 2.10. The number of nitrogens with zero attached hydrogens (tertiary/aromatic N) is 4. The van der Waals surface area contributed by atoms with Gasteiger partial charge in [0.25, 0.3) is 0 Å². The normalized spacial score (nSPS) is 12.5. The zero-order valence-corrected chi connectivity index (χ0v) is 13.4. The van der Waals surface area contributed by atoms with Crippen molar-refractivity contribution in [3.8, 4) is 6.07 Å². The van der Waals surface area contributed by atoms with E-state index in [1.165, 1.54) is 14.0 Å². The number of hydrogen-bond acceptors (Lipinski definition) is 5. The van der Waals surface area contributed by atoms with E-state index < -0.39 is 23.2 Å². The number of hydrogen-bond donors (Lipinski definition) is 1. The Hall–Kier alpha value is -2.54. The number of amides is 1. The second-order valence-corrected chi connectivity index (χ2v) is 6.08. The first-order valence-corrected chi connectivity index (χ1v) is 7.55. The molecule has 126 valence electrons. The fraction of sp³-hybridized carbons (Fsp3) is 0.286. The number of nitriles is 1. The lowest BCUT2D eigenvalue weighted by Gasteiger charge is -2.12. The van der Waals surface area contributed by atoms with Gasteiger partial charge in [-0.25, -0.2) is 0 Å². The number of carbonyl (C=O) groups excluding carboxylic acids is 1. The van der Waals surface area contributed by atoms with Crippen molar-refractivity contribution in [2.45, 2.75) is 23.5 Å². The zero-order valence-electron chi connectivity index (χ0n) is 12.6. The Bertz CT molecular complexity index is 796. The molecular weight excluding hydrogens is 343 g/mol. The minimum absolute atomic E-state index is 0.0291. The van der Waals surface area contributed by atoms with E-state index >= 15 is 0 Å². The quantitative estimate of drug-likeness (QED) is 0.853. The second kappa shape index (κ2) is 6.92. The second-order valence-electron chi connectivity index (χ2n) is 4.77. The van der Waals surface area contributed by atoms with Crippen molar-refractivity contribution in [3.05, 3.63) is 35.7 Å². The van der Waals surface area contributed by atoms with E-state index in [2.05, 4.69) is 15.5 Å². The van der Waals surface area contributed by atoms with Gasteiger partial charge >= 0.3 is 6.18 Å². The summed E-state index contributed by atoms with van der Waals surface area (Å²) >= 11 is 0.842. The third-order valence-corrected chi connectivity index (χ3v) is 4.18. The van der Waals surface area contributed by atoms with E-state index in [0.29, 0.717) is 11.3 Å². The van der Waals surface area contributed by atoms with Crippen LogP contribution in [0.1, 0.15) is 18.3 Å². The maximum atomic E-state index is 12.7. The number of benzene rings is 1. The molecule has 0 aliphatic heterocycles. The van der Waals surface area contributed by atoms with Crippen molar-refractivity contribution in [3.63, 3.8) is 0 Å². The Morgan fingerprint density at radius 1 is 1.38 bits per heavy atom. The summed E-state index contributed by atoms with van der Waals surface area (Å²) in [4.78, 5) is 12.2. The molecule has 0 spiro atoms. The van der Waals surface area contributed by atoms with Crippen LogP contribution in [0.4, 0.5) is 18.9 Å². The van der Waals surface area contributed by atoms with E-state index in [0.717, 1.165) is 16.3 Å². The van der Waals surface area contributed by atoms with Gasteiger partial charge in [-0.15, -0.1) is 10.2 Å². The van der Waals surface area contributed by atoms with Crippen LogP contribution < -0.4 is 5.32 Å². The molecule has 0 aliphatic rings. The molecule has 1 aromatic carbocycles. The third kappa shape index (κ3) is 3.86. The molecule has 0 radical (unpaired) electrons. The van der Waals surface area contributed by atoms with Crippen LogP contribution in [-0.4, -0.2) is 25.9 Å². The van der Waals surface area contributed by atoms with Crippen LogP contribution >= 0.6 is 11.8 Å². The van der Waals surface area contributed by atoms with E-state index in [1.54, 1.807) is 24.3 Å². The number of nitrogens with one attached hydrogen (secondary N) is 1. The topological polar surface area (TPSA) is 83.6 Å². The molecule has 1 heterocycles. The summed E-state index contributed by atoms with van der Waals surface area (Å²) in [5, 5.41) is 17.4. The Labute approximate surface area is 139 Å². The van der Waals surface area contributed by atoms with E-state index in [4.69, 9.17) is 5.26 Å². The monoisotopic (exact) mass is 355 g/mol. The number of carbonyl (C=O) groups is 1. The molecule has 2 aromatic rings.